The first-order valence-electron chi connectivity index (χ1n) is 22.9. The Kier molecular flexibility index (Phi) is 17.5. The van der Waals surface area contributed by atoms with Crippen LogP contribution in [-0.2, 0) is 6.42 Å². The smallest absolute Gasteiger partial charge is 0.324 e. The lowest BCUT2D eigenvalue weighted by Crippen LogP contribution is -2.39. The summed E-state index contributed by atoms with van der Waals surface area (Å²) >= 11 is 5.82. The number of halogens is 1. The molecule has 3 aliphatic heterocycles. The maximum Gasteiger partial charge on any atom is 0.324 e. The first-order chi connectivity index (χ1) is 27.6. The van der Waals surface area contributed by atoms with Gasteiger partial charge in [-0.15, -0.1) is 0 Å². The molecule has 3 aromatic heterocycles. The molecule has 3 fully saturated rings. The average molecular weight is 837 g/mol. The second-order valence-corrected chi connectivity index (χ2v) is 21.9. The standard InChI is InChI=1S/C17H29N3.C16H29N3O.C15H24ClN3/c1-6-14-11-18-16(19-12-14)20-9-7-15(8-10-20)13(2)17(3,4)5;1-11(2)14-17-15(20-18-14)19-9-7-13(8-10-19)12(3)16(4,5)6;1-11(15(2,3)4)12-5-7-19(8-6-12)14-17-9-13(16)10-18-14/h11-13,15H,6-10H2,1-5H3;11-13H,7-10H2,1-6H3;9-12H,5-8H2,1-4H3/t13-;12-;11-/m001/s1. The van der Waals surface area contributed by atoms with Crippen LogP contribution in [0.5, 0.6) is 0 Å². The van der Waals surface area contributed by atoms with Gasteiger partial charge in [0.05, 0.1) is 17.4 Å². The fourth-order valence-corrected chi connectivity index (χ4v) is 8.76. The SMILES string of the molecule is CC(C)c1noc(N2CCC([C@H](C)C(C)(C)C)CC2)n1.CCc1cnc(N2CCC([C@H](C)C(C)(C)C)CC2)nc1.C[C@H](C1CCN(c2ncc(Cl)cn2)CC1)C(C)(C)C. The van der Waals surface area contributed by atoms with Gasteiger partial charge in [-0.25, -0.2) is 19.9 Å². The molecular formula is C48H82ClN9O. The molecule has 0 amide bonds. The fourth-order valence-electron chi connectivity index (χ4n) is 8.66. The zero-order valence-corrected chi connectivity index (χ0v) is 40.6. The van der Waals surface area contributed by atoms with Gasteiger partial charge in [0.15, 0.2) is 5.82 Å². The summed E-state index contributed by atoms with van der Waals surface area (Å²) in [5, 5.41) is 4.65. The van der Waals surface area contributed by atoms with Crippen LogP contribution in [0.25, 0.3) is 0 Å². The molecule has 332 valence electrons. The van der Waals surface area contributed by atoms with E-state index in [1.54, 1.807) is 12.4 Å². The van der Waals surface area contributed by atoms with Crippen LogP contribution >= 0.6 is 11.6 Å². The van der Waals surface area contributed by atoms with Crippen LogP contribution in [0.4, 0.5) is 17.9 Å². The Bertz CT molecular complexity index is 1630. The predicted molar refractivity (Wildman–Crippen MR) is 248 cm³/mol. The van der Waals surface area contributed by atoms with Gasteiger partial charge in [0.1, 0.15) is 0 Å². The zero-order valence-electron chi connectivity index (χ0n) is 39.9. The van der Waals surface area contributed by atoms with E-state index in [-0.39, 0.29) is 0 Å². The molecule has 0 N–H and O–H groups in total. The molecule has 0 aromatic carbocycles. The highest BCUT2D eigenvalue weighted by Crippen LogP contribution is 2.40. The average Bonchev–Trinajstić information content (AvgIpc) is 3.71. The molecule has 0 saturated carbocycles. The van der Waals surface area contributed by atoms with Gasteiger partial charge in [0, 0.05) is 57.6 Å². The van der Waals surface area contributed by atoms with E-state index in [1.165, 1.54) is 44.1 Å². The summed E-state index contributed by atoms with van der Waals surface area (Å²) in [6.45, 7) is 41.0. The molecule has 11 heteroatoms. The molecule has 6 heterocycles. The third-order valence-corrected chi connectivity index (χ3v) is 14.5. The molecule has 0 spiro atoms. The summed E-state index contributed by atoms with van der Waals surface area (Å²) in [7, 11) is 0. The third kappa shape index (κ3) is 14.3. The van der Waals surface area contributed by atoms with Crippen molar-refractivity contribution in [3.8, 4) is 0 Å². The molecular weight excluding hydrogens is 754 g/mol. The van der Waals surface area contributed by atoms with Crippen molar-refractivity contribution in [2.75, 3.05) is 54.0 Å². The summed E-state index contributed by atoms with van der Waals surface area (Å²) in [5.74, 6) is 7.57. The Morgan fingerprint density at radius 2 is 0.915 bits per heavy atom. The minimum absolute atomic E-state index is 0.325. The molecule has 3 atom stereocenters. The van der Waals surface area contributed by atoms with Crippen molar-refractivity contribution in [3.05, 3.63) is 41.2 Å². The lowest BCUT2D eigenvalue weighted by molar-refractivity contribution is 0.151. The van der Waals surface area contributed by atoms with Crippen LogP contribution in [-0.4, -0.2) is 69.3 Å². The summed E-state index contributed by atoms with van der Waals surface area (Å²) in [6.07, 6.45) is 15.7. The molecule has 0 bridgehead atoms. The van der Waals surface area contributed by atoms with Gasteiger partial charge in [-0.05, 0) is 102 Å². The zero-order chi connectivity index (χ0) is 43.7. The van der Waals surface area contributed by atoms with Crippen LogP contribution < -0.4 is 14.7 Å². The highest BCUT2D eigenvalue weighted by Gasteiger charge is 2.34. The van der Waals surface area contributed by atoms with E-state index in [0.717, 1.165) is 98.9 Å². The maximum absolute atomic E-state index is 5.82. The Labute approximate surface area is 364 Å². The summed E-state index contributed by atoms with van der Waals surface area (Å²) < 4.78 is 5.39. The normalized spacial score (nSPS) is 19.4. The number of aromatic nitrogens is 6. The molecule has 59 heavy (non-hydrogen) atoms. The van der Waals surface area contributed by atoms with Crippen molar-refractivity contribution in [2.45, 2.75) is 155 Å². The molecule has 6 rings (SSSR count). The lowest BCUT2D eigenvalue weighted by atomic mass is 9.71. The number of anilines is 3. The minimum Gasteiger partial charge on any atom is -0.341 e. The summed E-state index contributed by atoms with van der Waals surface area (Å²) in [4.78, 5) is 29.0. The monoisotopic (exact) mass is 836 g/mol. The van der Waals surface area contributed by atoms with Crippen LogP contribution in [0, 0.1) is 51.8 Å². The van der Waals surface area contributed by atoms with Crippen molar-refractivity contribution in [2.24, 2.45) is 51.8 Å². The van der Waals surface area contributed by atoms with Gasteiger partial charge in [-0.2, -0.15) is 4.98 Å². The van der Waals surface area contributed by atoms with Gasteiger partial charge < -0.3 is 19.2 Å². The van der Waals surface area contributed by atoms with E-state index in [0.29, 0.717) is 33.2 Å². The van der Waals surface area contributed by atoms with E-state index in [4.69, 9.17) is 16.1 Å². The Hall–Kier alpha value is -3.01. The Balaban J connectivity index is 0.000000196. The minimum atomic E-state index is 0.325. The summed E-state index contributed by atoms with van der Waals surface area (Å²) in [5.41, 5.74) is 2.41. The van der Waals surface area contributed by atoms with Crippen LogP contribution in [0.1, 0.15) is 160 Å². The molecule has 3 saturated heterocycles. The first kappa shape index (κ1) is 48.7. The van der Waals surface area contributed by atoms with Crippen molar-refractivity contribution >= 4 is 29.5 Å². The fraction of sp³-hybridized carbons (Fsp3) is 0.792. The van der Waals surface area contributed by atoms with Gasteiger partial charge in [-0.1, -0.05) is 121 Å². The third-order valence-electron chi connectivity index (χ3n) is 14.3. The molecule has 0 aliphatic carbocycles. The molecule has 3 aromatic rings. The number of rotatable bonds is 8. The number of piperidine rings is 3. The predicted octanol–water partition coefficient (Wildman–Crippen LogP) is 12.1. The van der Waals surface area contributed by atoms with E-state index >= 15 is 0 Å². The molecule has 0 radical (unpaired) electrons. The van der Waals surface area contributed by atoms with Crippen LogP contribution in [0.15, 0.2) is 29.3 Å². The van der Waals surface area contributed by atoms with Gasteiger partial charge in [0.25, 0.3) is 0 Å². The summed E-state index contributed by atoms with van der Waals surface area (Å²) in [6, 6.07) is 0.704. The van der Waals surface area contributed by atoms with Gasteiger partial charge in [-0.3, -0.25) is 0 Å². The highest BCUT2D eigenvalue weighted by molar-refractivity contribution is 6.30. The number of hydrogen-bond donors (Lipinski definition) is 0. The number of aryl methyl sites for hydroxylation is 1. The highest BCUT2D eigenvalue weighted by atomic mass is 35.5. The second kappa shape index (κ2) is 21.2. The van der Waals surface area contributed by atoms with Crippen molar-refractivity contribution in [1.82, 2.24) is 30.1 Å². The Morgan fingerprint density at radius 1 is 0.576 bits per heavy atom. The first-order valence-corrected chi connectivity index (χ1v) is 23.3. The number of hydrogen-bond acceptors (Lipinski definition) is 10. The van der Waals surface area contributed by atoms with Crippen LogP contribution in [0.3, 0.4) is 0 Å². The lowest BCUT2D eigenvalue weighted by Gasteiger charge is -2.40. The molecule has 10 nitrogen and oxygen atoms in total. The Morgan fingerprint density at radius 3 is 1.22 bits per heavy atom. The van der Waals surface area contributed by atoms with Crippen molar-refractivity contribution < 1.29 is 4.52 Å². The van der Waals surface area contributed by atoms with Crippen LogP contribution in [0.2, 0.25) is 5.02 Å². The van der Waals surface area contributed by atoms with Gasteiger partial charge in [0.2, 0.25) is 11.9 Å². The maximum atomic E-state index is 5.82. The van der Waals surface area contributed by atoms with E-state index in [2.05, 4.69) is 149 Å². The second-order valence-electron chi connectivity index (χ2n) is 21.5. The molecule has 3 aliphatic rings. The van der Waals surface area contributed by atoms with Gasteiger partial charge >= 0.3 is 6.01 Å². The van der Waals surface area contributed by atoms with E-state index in [9.17, 15) is 0 Å². The van der Waals surface area contributed by atoms with E-state index < -0.39 is 0 Å². The topological polar surface area (TPSA) is 100 Å². The number of nitrogens with zero attached hydrogens (tertiary/aromatic N) is 9. The van der Waals surface area contributed by atoms with E-state index in [1.807, 2.05) is 12.4 Å². The largest absolute Gasteiger partial charge is 0.341 e. The molecule has 0 unspecified atom stereocenters. The van der Waals surface area contributed by atoms with Crippen molar-refractivity contribution in [3.63, 3.8) is 0 Å². The van der Waals surface area contributed by atoms with Crippen molar-refractivity contribution in [1.29, 1.82) is 0 Å². The quantitative estimate of drug-likeness (QED) is 0.218.